The van der Waals surface area contributed by atoms with E-state index < -0.39 is 0 Å². The molecule has 9 heteroatoms. The zero-order valence-corrected chi connectivity index (χ0v) is 18.5. The van der Waals surface area contributed by atoms with Gasteiger partial charge in [0.1, 0.15) is 6.54 Å². The molecule has 8 nitrogen and oxygen atoms in total. The Labute approximate surface area is 181 Å². The highest BCUT2D eigenvalue weighted by atomic mass is 32.1. The van der Waals surface area contributed by atoms with E-state index in [4.69, 9.17) is 4.99 Å². The Kier molecular flexibility index (Phi) is 6.91. The van der Waals surface area contributed by atoms with E-state index in [1.807, 2.05) is 28.8 Å². The van der Waals surface area contributed by atoms with Gasteiger partial charge < -0.3 is 10.6 Å². The number of hydrogen-bond donors (Lipinski definition) is 2. The maximum absolute atomic E-state index is 4.72. The average molecular weight is 427 g/mol. The van der Waals surface area contributed by atoms with E-state index in [0.717, 1.165) is 55.2 Å². The third-order valence-corrected chi connectivity index (χ3v) is 6.25. The van der Waals surface area contributed by atoms with Crippen LogP contribution in [-0.2, 0) is 13.1 Å². The third kappa shape index (κ3) is 5.34. The number of guanidine groups is 1. The van der Waals surface area contributed by atoms with Gasteiger partial charge in [-0.05, 0) is 57.8 Å². The summed E-state index contributed by atoms with van der Waals surface area (Å²) in [5.74, 6) is 2.34. The summed E-state index contributed by atoms with van der Waals surface area (Å²) in [5.41, 5.74) is 2.05. The lowest BCUT2D eigenvalue weighted by atomic mass is 9.97. The Morgan fingerprint density at radius 2 is 2.10 bits per heavy atom. The first-order valence-corrected chi connectivity index (χ1v) is 11.5. The topological polar surface area (TPSA) is 82.7 Å². The van der Waals surface area contributed by atoms with Crippen molar-refractivity contribution in [3.63, 3.8) is 0 Å². The molecule has 1 aliphatic heterocycles. The number of rotatable bonds is 7. The third-order valence-electron chi connectivity index (χ3n) is 5.42. The fourth-order valence-corrected chi connectivity index (χ4v) is 4.39. The second-order valence-corrected chi connectivity index (χ2v) is 8.76. The monoisotopic (exact) mass is 426 g/mol. The minimum atomic E-state index is 0.492. The van der Waals surface area contributed by atoms with Gasteiger partial charge in [-0.25, -0.2) is 9.98 Å². The zero-order valence-electron chi connectivity index (χ0n) is 17.7. The van der Waals surface area contributed by atoms with Crippen LogP contribution in [0.15, 0.2) is 34.8 Å². The fourth-order valence-electron chi connectivity index (χ4n) is 3.79. The van der Waals surface area contributed by atoms with Crippen LogP contribution in [-0.4, -0.2) is 56.6 Å². The smallest absolute Gasteiger partial charge is 0.191 e. The van der Waals surface area contributed by atoms with Crippen molar-refractivity contribution in [1.82, 2.24) is 35.1 Å². The minimum Gasteiger partial charge on any atom is -0.357 e. The summed E-state index contributed by atoms with van der Waals surface area (Å²) in [7, 11) is 0. The molecule has 0 aliphatic carbocycles. The SMILES string of the molecule is CCNC(=NCc1nnc2ccccn12)NCC1CCN(Cc2csc(C)n2)CC1. The Bertz CT molecular complexity index is 970. The number of nitrogens with zero attached hydrogens (tertiary/aromatic N) is 6. The lowest BCUT2D eigenvalue weighted by molar-refractivity contribution is 0.176. The summed E-state index contributed by atoms with van der Waals surface area (Å²) < 4.78 is 1.98. The molecule has 2 N–H and O–H groups in total. The molecule has 0 saturated carbocycles. The van der Waals surface area contributed by atoms with Crippen LogP contribution in [0.5, 0.6) is 0 Å². The Hall–Kier alpha value is -2.52. The van der Waals surface area contributed by atoms with Crippen LogP contribution in [0, 0.1) is 12.8 Å². The van der Waals surface area contributed by atoms with Gasteiger partial charge in [-0.15, -0.1) is 21.5 Å². The van der Waals surface area contributed by atoms with E-state index >= 15 is 0 Å². The summed E-state index contributed by atoms with van der Waals surface area (Å²) in [6.45, 7) is 9.65. The predicted molar refractivity (Wildman–Crippen MR) is 121 cm³/mol. The molecule has 4 heterocycles. The van der Waals surface area contributed by atoms with Crippen molar-refractivity contribution >= 4 is 22.9 Å². The van der Waals surface area contributed by atoms with Crippen LogP contribution in [0.3, 0.4) is 0 Å². The van der Waals surface area contributed by atoms with Gasteiger partial charge >= 0.3 is 0 Å². The van der Waals surface area contributed by atoms with E-state index in [0.29, 0.717) is 12.5 Å². The first kappa shape index (κ1) is 20.7. The number of likely N-dealkylation sites (tertiary alicyclic amines) is 1. The van der Waals surface area contributed by atoms with Gasteiger partial charge in [-0.2, -0.15) is 0 Å². The summed E-state index contributed by atoms with van der Waals surface area (Å²) in [6, 6.07) is 5.90. The van der Waals surface area contributed by atoms with Crippen LogP contribution >= 0.6 is 11.3 Å². The van der Waals surface area contributed by atoms with Crippen molar-refractivity contribution in [3.05, 3.63) is 46.3 Å². The maximum Gasteiger partial charge on any atom is 0.191 e. The number of pyridine rings is 1. The standard InChI is InChI=1S/C21H30N8S/c1-3-22-21(24-13-20-27-26-19-6-4-5-9-29(19)20)23-12-17-7-10-28(11-8-17)14-18-15-30-16(2)25-18/h4-6,9,15,17H,3,7-8,10-14H2,1-2H3,(H2,22,23,24). The lowest BCUT2D eigenvalue weighted by Gasteiger charge is -2.31. The summed E-state index contributed by atoms with van der Waals surface area (Å²) in [5, 5.41) is 18.7. The molecule has 1 saturated heterocycles. The summed E-state index contributed by atoms with van der Waals surface area (Å²) in [6.07, 6.45) is 4.37. The normalized spacial score (nSPS) is 16.3. The summed E-state index contributed by atoms with van der Waals surface area (Å²) >= 11 is 1.74. The van der Waals surface area contributed by atoms with Crippen LogP contribution in [0.25, 0.3) is 5.65 Å². The van der Waals surface area contributed by atoms with Crippen LogP contribution in [0.2, 0.25) is 0 Å². The van der Waals surface area contributed by atoms with Crippen molar-refractivity contribution in [1.29, 1.82) is 0 Å². The molecular formula is C21H30N8S. The second-order valence-electron chi connectivity index (χ2n) is 7.70. The molecule has 0 atom stereocenters. The molecule has 1 fully saturated rings. The average Bonchev–Trinajstić information content (AvgIpc) is 3.37. The number of piperidine rings is 1. The van der Waals surface area contributed by atoms with Gasteiger partial charge in [0.05, 0.1) is 10.7 Å². The molecule has 30 heavy (non-hydrogen) atoms. The van der Waals surface area contributed by atoms with Crippen molar-refractivity contribution < 1.29 is 0 Å². The van der Waals surface area contributed by atoms with E-state index in [2.05, 4.69) is 49.9 Å². The highest BCUT2D eigenvalue weighted by Crippen LogP contribution is 2.19. The molecular weight excluding hydrogens is 396 g/mol. The number of nitrogens with one attached hydrogen (secondary N) is 2. The first-order valence-electron chi connectivity index (χ1n) is 10.7. The van der Waals surface area contributed by atoms with Crippen LogP contribution in [0.4, 0.5) is 0 Å². The zero-order chi connectivity index (χ0) is 20.8. The number of aromatic nitrogens is 4. The van der Waals surface area contributed by atoms with Crippen LogP contribution < -0.4 is 10.6 Å². The molecule has 0 spiro atoms. The van der Waals surface area contributed by atoms with Gasteiger partial charge in [0.25, 0.3) is 0 Å². The molecule has 3 aromatic heterocycles. The molecule has 0 unspecified atom stereocenters. The van der Waals surface area contributed by atoms with E-state index in [9.17, 15) is 0 Å². The molecule has 0 radical (unpaired) electrons. The molecule has 160 valence electrons. The van der Waals surface area contributed by atoms with Gasteiger partial charge in [-0.1, -0.05) is 6.07 Å². The van der Waals surface area contributed by atoms with Gasteiger partial charge in [-0.3, -0.25) is 9.30 Å². The quantitative estimate of drug-likeness (QED) is 0.446. The number of thiazole rings is 1. The number of aryl methyl sites for hydroxylation is 1. The fraction of sp³-hybridized carbons (Fsp3) is 0.524. The Balaban J connectivity index is 1.26. The molecule has 3 aromatic rings. The minimum absolute atomic E-state index is 0.492. The number of fused-ring (bicyclic) bond motifs is 1. The van der Waals surface area contributed by atoms with Gasteiger partial charge in [0, 0.05) is 31.2 Å². The largest absolute Gasteiger partial charge is 0.357 e. The van der Waals surface area contributed by atoms with Crippen molar-refractivity contribution in [2.45, 2.75) is 39.8 Å². The number of hydrogen-bond acceptors (Lipinski definition) is 6. The second kappa shape index (κ2) is 9.99. The molecule has 4 rings (SSSR count). The molecule has 0 aromatic carbocycles. The van der Waals surface area contributed by atoms with E-state index in [-0.39, 0.29) is 0 Å². The van der Waals surface area contributed by atoms with Crippen molar-refractivity contribution in [2.75, 3.05) is 26.2 Å². The van der Waals surface area contributed by atoms with Crippen molar-refractivity contribution in [2.24, 2.45) is 10.9 Å². The van der Waals surface area contributed by atoms with Gasteiger partial charge in [0.15, 0.2) is 17.4 Å². The molecule has 0 amide bonds. The highest BCUT2D eigenvalue weighted by molar-refractivity contribution is 7.09. The van der Waals surface area contributed by atoms with E-state index in [1.165, 1.54) is 18.5 Å². The lowest BCUT2D eigenvalue weighted by Crippen LogP contribution is -2.42. The summed E-state index contributed by atoms with van der Waals surface area (Å²) in [4.78, 5) is 11.8. The van der Waals surface area contributed by atoms with Gasteiger partial charge in [0.2, 0.25) is 0 Å². The maximum atomic E-state index is 4.72. The molecule has 1 aliphatic rings. The van der Waals surface area contributed by atoms with E-state index in [1.54, 1.807) is 11.3 Å². The Morgan fingerprint density at radius 3 is 2.87 bits per heavy atom. The highest BCUT2D eigenvalue weighted by Gasteiger charge is 2.20. The number of aliphatic imine (C=N–C) groups is 1. The van der Waals surface area contributed by atoms with Crippen molar-refractivity contribution in [3.8, 4) is 0 Å². The van der Waals surface area contributed by atoms with Crippen LogP contribution in [0.1, 0.15) is 36.3 Å². The first-order chi connectivity index (χ1) is 14.7. The molecule has 0 bridgehead atoms. The Morgan fingerprint density at radius 1 is 1.23 bits per heavy atom. The predicted octanol–water partition coefficient (Wildman–Crippen LogP) is 2.46.